The van der Waals surface area contributed by atoms with E-state index in [4.69, 9.17) is 16.3 Å². The average molecular weight is 301 g/mol. The van der Waals surface area contributed by atoms with Crippen molar-refractivity contribution in [2.75, 3.05) is 18.6 Å². The number of methoxy groups -OCH3 is 1. The summed E-state index contributed by atoms with van der Waals surface area (Å²) >= 11 is 5.85. The van der Waals surface area contributed by atoms with E-state index < -0.39 is 16.9 Å². The molecule has 1 fully saturated rings. The Morgan fingerprint density at radius 2 is 2.30 bits per heavy atom. The van der Waals surface area contributed by atoms with Gasteiger partial charge in [-0.25, -0.2) is 4.79 Å². The largest absolute Gasteiger partial charge is 0.480 e. The Kier molecular flexibility index (Phi) is 4.10. The molecule has 1 N–H and O–H groups in total. The molecule has 20 heavy (non-hydrogen) atoms. The number of carboxylic acid groups (broad SMARTS) is 1. The summed E-state index contributed by atoms with van der Waals surface area (Å²) in [4.78, 5) is 23.3. The van der Waals surface area contributed by atoms with Gasteiger partial charge >= 0.3 is 11.7 Å². The van der Waals surface area contributed by atoms with Gasteiger partial charge < -0.3 is 14.7 Å². The first kappa shape index (κ1) is 14.5. The van der Waals surface area contributed by atoms with Gasteiger partial charge in [0, 0.05) is 20.1 Å². The van der Waals surface area contributed by atoms with E-state index in [2.05, 4.69) is 0 Å². The maximum Gasteiger partial charge on any atom is 0.326 e. The second-order valence-corrected chi connectivity index (χ2v) is 4.87. The maximum absolute atomic E-state index is 11.3. The lowest BCUT2D eigenvalue weighted by molar-refractivity contribution is -0.384. The Hall–Kier alpha value is -1.86. The van der Waals surface area contributed by atoms with Crippen molar-refractivity contribution in [2.24, 2.45) is 0 Å². The topological polar surface area (TPSA) is 92.9 Å². The van der Waals surface area contributed by atoms with Gasteiger partial charge in [0.05, 0.1) is 11.0 Å². The van der Waals surface area contributed by atoms with Crippen molar-refractivity contribution < 1.29 is 19.6 Å². The highest BCUT2D eigenvalue weighted by atomic mass is 35.5. The van der Waals surface area contributed by atoms with E-state index in [0.29, 0.717) is 0 Å². The van der Waals surface area contributed by atoms with Crippen molar-refractivity contribution in [3.63, 3.8) is 0 Å². The Morgan fingerprint density at radius 1 is 1.60 bits per heavy atom. The number of hydrogen-bond acceptors (Lipinski definition) is 5. The van der Waals surface area contributed by atoms with Gasteiger partial charge in [-0.3, -0.25) is 10.1 Å². The zero-order valence-corrected chi connectivity index (χ0v) is 11.4. The number of anilines is 1. The fraction of sp³-hybridized carbons (Fsp3) is 0.417. The number of ether oxygens (including phenoxy) is 1. The number of hydrogen-bond donors (Lipinski definition) is 1. The van der Waals surface area contributed by atoms with Crippen molar-refractivity contribution in [3.05, 3.63) is 33.3 Å². The Bertz CT molecular complexity index is 551. The average Bonchev–Trinajstić information content (AvgIpc) is 2.82. The molecule has 2 unspecified atom stereocenters. The molecule has 0 radical (unpaired) electrons. The molecule has 1 aromatic rings. The number of benzene rings is 1. The highest BCUT2D eigenvalue weighted by molar-refractivity contribution is 6.33. The molecular weight excluding hydrogens is 288 g/mol. The van der Waals surface area contributed by atoms with Crippen molar-refractivity contribution in [1.82, 2.24) is 0 Å². The number of nitro groups is 1. The number of nitro benzene ring substituents is 1. The van der Waals surface area contributed by atoms with E-state index in [9.17, 15) is 20.0 Å². The maximum atomic E-state index is 11.3. The summed E-state index contributed by atoms with van der Waals surface area (Å²) in [7, 11) is 1.49. The van der Waals surface area contributed by atoms with E-state index in [1.165, 1.54) is 24.1 Å². The lowest BCUT2D eigenvalue weighted by Crippen LogP contribution is -2.36. The van der Waals surface area contributed by atoms with Crippen LogP contribution in [0.2, 0.25) is 5.02 Å². The van der Waals surface area contributed by atoms with Crippen LogP contribution in [0.15, 0.2) is 18.2 Å². The molecule has 0 bridgehead atoms. The molecule has 1 aromatic carbocycles. The lowest BCUT2D eigenvalue weighted by Gasteiger charge is -2.23. The molecule has 0 aliphatic carbocycles. The number of nitrogens with zero attached hydrogens (tertiary/aromatic N) is 2. The minimum absolute atomic E-state index is 0.0162. The van der Waals surface area contributed by atoms with Crippen LogP contribution in [-0.2, 0) is 9.53 Å². The van der Waals surface area contributed by atoms with Gasteiger partial charge in [-0.1, -0.05) is 17.7 Å². The minimum Gasteiger partial charge on any atom is -0.480 e. The molecular formula is C12H13ClN2O5. The molecule has 1 saturated heterocycles. The van der Waals surface area contributed by atoms with E-state index >= 15 is 0 Å². The quantitative estimate of drug-likeness (QED) is 0.674. The molecule has 2 atom stereocenters. The van der Waals surface area contributed by atoms with Crippen molar-refractivity contribution in [1.29, 1.82) is 0 Å². The monoisotopic (exact) mass is 300 g/mol. The van der Waals surface area contributed by atoms with Gasteiger partial charge in [-0.05, 0) is 12.1 Å². The fourth-order valence-corrected chi connectivity index (χ4v) is 2.62. The van der Waals surface area contributed by atoms with Crippen LogP contribution in [0.25, 0.3) is 0 Å². The van der Waals surface area contributed by atoms with Crippen LogP contribution in [-0.4, -0.2) is 41.8 Å². The highest BCUT2D eigenvalue weighted by Gasteiger charge is 2.40. The number of rotatable bonds is 4. The summed E-state index contributed by atoms with van der Waals surface area (Å²) in [5.74, 6) is -1.04. The first-order chi connectivity index (χ1) is 9.45. The number of halogens is 1. The van der Waals surface area contributed by atoms with Gasteiger partial charge in [0.15, 0.2) is 0 Å². The summed E-state index contributed by atoms with van der Waals surface area (Å²) in [5.41, 5.74) is -0.0772. The molecule has 0 spiro atoms. The van der Waals surface area contributed by atoms with Gasteiger partial charge in [0.1, 0.15) is 16.8 Å². The van der Waals surface area contributed by atoms with Crippen LogP contribution >= 0.6 is 11.6 Å². The van der Waals surface area contributed by atoms with Gasteiger partial charge in [-0.2, -0.15) is 0 Å². The third kappa shape index (κ3) is 2.54. The molecule has 0 amide bonds. The molecule has 1 aliphatic heterocycles. The minimum atomic E-state index is -1.04. The van der Waals surface area contributed by atoms with Crippen LogP contribution in [0, 0.1) is 10.1 Å². The predicted octanol–water partition coefficient (Wildman–Crippen LogP) is 1.93. The molecule has 0 saturated carbocycles. The van der Waals surface area contributed by atoms with E-state index in [1.54, 1.807) is 6.07 Å². The van der Waals surface area contributed by atoms with E-state index in [-0.39, 0.29) is 35.5 Å². The third-order valence-electron chi connectivity index (χ3n) is 3.34. The van der Waals surface area contributed by atoms with Crippen LogP contribution in [0.4, 0.5) is 11.4 Å². The third-order valence-corrected chi connectivity index (χ3v) is 3.64. The molecule has 1 heterocycles. The standard InChI is InChI=1S/C12H13ClN2O5/c1-20-7-5-10(12(16)17)14(6-7)9-4-2-3-8(13)11(9)15(18)19/h2-4,7,10H,5-6H2,1H3,(H,16,17). The summed E-state index contributed by atoms with van der Waals surface area (Å²) in [6.07, 6.45) is -0.00938. The second-order valence-electron chi connectivity index (χ2n) is 4.46. The normalized spacial score (nSPS) is 22.0. The zero-order valence-electron chi connectivity index (χ0n) is 10.7. The molecule has 2 rings (SSSR count). The lowest BCUT2D eigenvalue weighted by atomic mass is 10.2. The van der Waals surface area contributed by atoms with Crippen LogP contribution in [0.1, 0.15) is 6.42 Å². The molecule has 1 aliphatic rings. The Morgan fingerprint density at radius 3 is 2.85 bits per heavy atom. The SMILES string of the molecule is COC1CC(C(=O)O)N(c2cccc(Cl)c2[N+](=O)[O-])C1. The van der Waals surface area contributed by atoms with E-state index in [0.717, 1.165) is 0 Å². The summed E-state index contributed by atoms with van der Waals surface area (Å²) in [6, 6.07) is 3.60. The Labute approximate surface area is 119 Å². The van der Waals surface area contributed by atoms with Crippen LogP contribution in [0.5, 0.6) is 0 Å². The molecule has 0 aromatic heterocycles. The van der Waals surface area contributed by atoms with Crippen molar-refractivity contribution >= 4 is 28.9 Å². The molecule has 7 nitrogen and oxygen atoms in total. The number of carbonyl (C=O) groups is 1. The summed E-state index contributed by atoms with van der Waals surface area (Å²) in [6.45, 7) is 0.272. The van der Waals surface area contributed by atoms with Gasteiger partial charge in [0.25, 0.3) is 0 Å². The number of para-hydroxylation sites is 1. The van der Waals surface area contributed by atoms with E-state index in [1.807, 2.05) is 0 Å². The van der Waals surface area contributed by atoms with Crippen molar-refractivity contribution in [3.8, 4) is 0 Å². The zero-order chi connectivity index (χ0) is 14.9. The fourth-order valence-electron chi connectivity index (χ4n) is 2.39. The summed E-state index contributed by atoms with van der Waals surface area (Å²) < 4.78 is 5.17. The first-order valence-corrected chi connectivity index (χ1v) is 6.28. The van der Waals surface area contributed by atoms with Gasteiger partial charge in [0.2, 0.25) is 0 Å². The molecule has 8 heteroatoms. The molecule has 108 valence electrons. The summed E-state index contributed by atoms with van der Waals surface area (Å²) in [5, 5.41) is 20.4. The second kappa shape index (κ2) is 5.64. The van der Waals surface area contributed by atoms with Gasteiger partial charge in [-0.15, -0.1) is 0 Å². The van der Waals surface area contributed by atoms with Crippen LogP contribution in [0.3, 0.4) is 0 Å². The number of carboxylic acids is 1. The highest BCUT2D eigenvalue weighted by Crippen LogP contribution is 2.38. The number of aliphatic carboxylic acids is 1. The Balaban J connectivity index is 2.47. The predicted molar refractivity (Wildman–Crippen MR) is 72.3 cm³/mol. The first-order valence-electron chi connectivity index (χ1n) is 5.90. The van der Waals surface area contributed by atoms with Crippen LogP contribution < -0.4 is 4.90 Å². The smallest absolute Gasteiger partial charge is 0.326 e. The van der Waals surface area contributed by atoms with Crippen molar-refractivity contribution in [2.45, 2.75) is 18.6 Å².